The van der Waals surface area contributed by atoms with Crippen molar-refractivity contribution in [3.63, 3.8) is 0 Å². The van der Waals surface area contributed by atoms with Crippen molar-refractivity contribution in [2.24, 2.45) is 10.2 Å². The third-order valence-corrected chi connectivity index (χ3v) is 4.56. The predicted octanol–water partition coefficient (Wildman–Crippen LogP) is 4.45. The Balaban J connectivity index is 2.00. The third-order valence-electron chi connectivity index (χ3n) is 4.33. The first-order valence-electron chi connectivity index (χ1n) is 7.95. The quantitative estimate of drug-likeness (QED) is 0.655. The van der Waals surface area contributed by atoms with Gasteiger partial charge in [-0.15, -0.1) is 0 Å². The van der Waals surface area contributed by atoms with Gasteiger partial charge in [-0.25, -0.2) is 4.98 Å². The van der Waals surface area contributed by atoms with Gasteiger partial charge in [-0.3, -0.25) is 9.56 Å². The summed E-state index contributed by atoms with van der Waals surface area (Å²) < 4.78 is 2.05. The van der Waals surface area contributed by atoms with Crippen molar-refractivity contribution in [3.8, 4) is 5.69 Å². The number of rotatable bonds is 3. The van der Waals surface area contributed by atoms with Gasteiger partial charge >= 0.3 is 0 Å². The van der Waals surface area contributed by atoms with E-state index in [2.05, 4.69) is 10.2 Å². The van der Waals surface area contributed by atoms with Crippen LogP contribution in [-0.4, -0.2) is 15.3 Å². The zero-order valence-electron chi connectivity index (χ0n) is 13.6. The average molecular weight is 351 g/mol. The van der Waals surface area contributed by atoms with Crippen LogP contribution in [0.15, 0.2) is 58.7 Å². The van der Waals surface area contributed by atoms with Gasteiger partial charge in [0.2, 0.25) is 0 Å². The first-order valence-corrected chi connectivity index (χ1v) is 8.33. The van der Waals surface area contributed by atoms with Crippen molar-refractivity contribution in [1.29, 1.82) is 0 Å². The number of aliphatic imine (C=N–C) groups is 1. The molecule has 0 N–H and O–H groups in total. The Morgan fingerprint density at radius 2 is 2.00 bits per heavy atom. The molecule has 3 aromatic rings. The van der Waals surface area contributed by atoms with Crippen molar-refractivity contribution in [2.45, 2.75) is 20.0 Å². The molecule has 1 aliphatic heterocycles. The summed E-state index contributed by atoms with van der Waals surface area (Å²) in [6, 6.07) is 15.8. The molecule has 0 radical (unpaired) electrons. The van der Waals surface area contributed by atoms with E-state index in [-0.39, 0.29) is 6.54 Å². The molecule has 2 heterocycles. The molecule has 0 aliphatic carbocycles. The maximum Gasteiger partial charge on any atom is 0.125 e. The standard InChI is InChI=1S/C19H15ClN4O/c1-12-23-16(10-22-25)18-11-21-19(13-5-3-2-4-6-13)15-9-14(20)7-8-17(15)24(12)18/h2-9H,10-11H2,1H3. The van der Waals surface area contributed by atoms with Gasteiger partial charge in [0.15, 0.2) is 0 Å². The van der Waals surface area contributed by atoms with Crippen LogP contribution in [0.25, 0.3) is 5.69 Å². The van der Waals surface area contributed by atoms with E-state index in [1.165, 1.54) is 0 Å². The van der Waals surface area contributed by atoms with E-state index in [0.29, 0.717) is 17.3 Å². The number of aromatic nitrogens is 2. The van der Waals surface area contributed by atoms with E-state index in [1.807, 2.05) is 60.0 Å². The van der Waals surface area contributed by atoms with Crippen LogP contribution in [0.5, 0.6) is 0 Å². The molecule has 4 rings (SSSR count). The second kappa shape index (κ2) is 6.26. The highest BCUT2D eigenvalue weighted by molar-refractivity contribution is 6.31. The summed E-state index contributed by atoms with van der Waals surface area (Å²) in [5, 5.41) is 3.66. The van der Waals surface area contributed by atoms with Gasteiger partial charge in [-0.05, 0) is 25.1 Å². The van der Waals surface area contributed by atoms with Crippen LogP contribution >= 0.6 is 11.6 Å². The summed E-state index contributed by atoms with van der Waals surface area (Å²) in [4.78, 5) is 20.1. The molecule has 0 spiro atoms. The van der Waals surface area contributed by atoms with E-state index < -0.39 is 0 Å². The van der Waals surface area contributed by atoms with Gasteiger partial charge in [0, 0.05) is 16.1 Å². The topological polar surface area (TPSA) is 59.6 Å². The normalized spacial score (nSPS) is 12.8. The Morgan fingerprint density at radius 3 is 2.76 bits per heavy atom. The summed E-state index contributed by atoms with van der Waals surface area (Å²) in [5.41, 5.74) is 5.38. The van der Waals surface area contributed by atoms with E-state index in [1.54, 1.807) is 0 Å². The van der Waals surface area contributed by atoms with Crippen molar-refractivity contribution in [1.82, 2.24) is 9.55 Å². The number of nitroso groups, excluding NO2 is 1. The molecule has 1 aliphatic rings. The highest BCUT2D eigenvalue weighted by Gasteiger charge is 2.23. The maximum atomic E-state index is 10.8. The van der Waals surface area contributed by atoms with Crippen molar-refractivity contribution in [3.05, 3.63) is 86.8 Å². The molecule has 5 nitrogen and oxygen atoms in total. The zero-order valence-corrected chi connectivity index (χ0v) is 14.4. The minimum Gasteiger partial charge on any atom is -0.298 e. The number of fused-ring (bicyclic) bond motifs is 3. The van der Waals surface area contributed by atoms with Gasteiger partial charge in [-0.1, -0.05) is 47.1 Å². The first kappa shape index (κ1) is 15.7. The average Bonchev–Trinajstić information content (AvgIpc) is 2.82. The van der Waals surface area contributed by atoms with Crippen LogP contribution in [0, 0.1) is 11.8 Å². The van der Waals surface area contributed by atoms with Crippen LogP contribution in [0.4, 0.5) is 0 Å². The number of nitrogens with zero attached hydrogens (tertiary/aromatic N) is 4. The summed E-state index contributed by atoms with van der Waals surface area (Å²) in [6.45, 7) is 2.40. The van der Waals surface area contributed by atoms with E-state index >= 15 is 0 Å². The summed E-state index contributed by atoms with van der Waals surface area (Å²) >= 11 is 6.27. The fraction of sp³-hybridized carbons (Fsp3) is 0.158. The second-order valence-corrected chi connectivity index (χ2v) is 6.30. The number of hydrogen-bond acceptors (Lipinski definition) is 4. The molecule has 0 fully saturated rings. The van der Waals surface area contributed by atoms with Crippen LogP contribution in [0.1, 0.15) is 28.3 Å². The fourth-order valence-corrected chi connectivity index (χ4v) is 3.45. The number of imidazole rings is 1. The molecule has 25 heavy (non-hydrogen) atoms. The highest BCUT2D eigenvalue weighted by atomic mass is 35.5. The van der Waals surface area contributed by atoms with E-state index in [0.717, 1.165) is 34.0 Å². The fourth-order valence-electron chi connectivity index (χ4n) is 3.28. The lowest BCUT2D eigenvalue weighted by atomic mass is 10.0. The molecular formula is C19H15ClN4O. The lowest BCUT2D eigenvalue weighted by molar-refractivity contribution is 0.873. The molecule has 0 bridgehead atoms. The molecule has 124 valence electrons. The number of hydrogen-bond donors (Lipinski definition) is 0. The molecule has 0 unspecified atom stereocenters. The van der Waals surface area contributed by atoms with E-state index in [4.69, 9.17) is 16.6 Å². The van der Waals surface area contributed by atoms with E-state index in [9.17, 15) is 4.91 Å². The van der Waals surface area contributed by atoms with Gasteiger partial charge in [0.25, 0.3) is 0 Å². The Bertz CT molecular complexity index is 992. The number of benzene rings is 2. The van der Waals surface area contributed by atoms with Crippen LogP contribution in [0.2, 0.25) is 5.02 Å². The smallest absolute Gasteiger partial charge is 0.125 e. The van der Waals surface area contributed by atoms with Gasteiger partial charge in [-0.2, -0.15) is 4.91 Å². The van der Waals surface area contributed by atoms with Crippen molar-refractivity contribution < 1.29 is 0 Å². The van der Waals surface area contributed by atoms with Gasteiger partial charge < -0.3 is 0 Å². The van der Waals surface area contributed by atoms with Crippen LogP contribution < -0.4 is 0 Å². The Kier molecular flexibility index (Phi) is 3.93. The summed E-state index contributed by atoms with van der Waals surface area (Å²) in [7, 11) is 0. The monoisotopic (exact) mass is 350 g/mol. The Hall–Kier alpha value is -2.79. The molecular weight excluding hydrogens is 336 g/mol. The zero-order chi connectivity index (χ0) is 17.4. The Labute approximate surface area is 150 Å². The van der Waals surface area contributed by atoms with Crippen LogP contribution in [0.3, 0.4) is 0 Å². The van der Waals surface area contributed by atoms with Crippen molar-refractivity contribution >= 4 is 17.3 Å². The molecule has 2 aromatic carbocycles. The lowest BCUT2D eigenvalue weighted by Crippen LogP contribution is -2.08. The molecule has 0 saturated carbocycles. The summed E-state index contributed by atoms with van der Waals surface area (Å²) in [6.07, 6.45) is 0. The molecule has 1 aromatic heterocycles. The molecule has 0 saturated heterocycles. The minimum absolute atomic E-state index is 0.0439. The lowest BCUT2D eigenvalue weighted by Gasteiger charge is -2.13. The number of aryl methyl sites for hydroxylation is 1. The second-order valence-electron chi connectivity index (χ2n) is 5.87. The molecule has 0 atom stereocenters. The third kappa shape index (κ3) is 2.66. The first-order chi connectivity index (χ1) is 12.2. The largest absolute Gasteiger partial charge is 0.298 e. The summed E-state index contributed by atoms with van der Waals surface area (Å²) in [5.74, 6) is 0.807. The maximum absolute atomic E-state index is 10.8. The Morgan fingerprint density at radius 1 is 1.20 bits per heavy atom. The predicted molar refractivity (Wildman–Crippen MR) is 98.6 cm³/mol. The van der Waals surface area contributed by atoms with Crippen molar-refractivity contribution in [2.75, 3.05) is 0 Å². The molecule has 6 heteroatoms. The SMILES string of the molecule is Cc1nc(CN=O)c2n1-c1ccc(Cl)cc1C(c1ccccc1)=NC2. The van der Waals surface area contributed by atoms with Gasteiger partial charge in [0.1, 0.15) is 12.4 Å². The number of halogens is 1. The van der Waals surface area contributed by atoms with Gasteiger partial charge in [0.05, 0.1) is 29.3 Å². The highest BCUT2D eigenvalue weighted by Crippen LogP contribution is 2.30. The van der Waals surface area contributed by atoms with Crippen LogP contribution in [-0.2, 0) is 13.1 Å². The minimum atomic E-state index is 0.0439. The molecule has 0 amide bonds.